The number of halogens is 2. The van der Waals surface area contributed by atoms with Crippen LogP contribution in [0.3, 0.4) is 0 Å². The molecule has 0 bridgehead atoms. The van der Waals surface area contributed by atoms with Gasteiger partial charge in [-0.1, -0.05) is 0 Å². The smallest absolute Gasteiger partial charge is 0.137 e. The molecule has 1 rings (SSSR count). The molecule has 0 saturated carbocycles. The molecule has 0 aliphatic rings. The van der Waals surface area contributed by atoms with Gasteiger partial charge in [-0.05, 0) is 40.5 Å². The van der Waals surface area contributed by atoms with Gasteiger partial charge in [0.1, 0.15) is 5.82 Å². The molecular formula is C8H9BrFN. The van der Waals surface area contributed by atoms with Gasteiger partial charge in [-0.3, -0.25) is 0 Å². The second-order valence-electron chi connectivity index (χ2n) is 2.28. The third-order valence-electron chi connectivity index (χ3n) is 1.61. The first-order chi connectivity index (χ1) is 5.16. The first-order valence-electron chi connectivity index (χ1n) is 3.29. The maximum atomic E-state index is 12.8. The lowest BCUT2D eigenvalue weighted by molar-refractivity contribution is 0.620. The Bertz CT molecular complexity index is 273. The fourth-order valence-corrected chi connectivity index (χ4v) is 1.27. The zero-order chi connectivity index (χ0) is 8.43. The lowest BCUT2D eigenvalue weighted by Gasteiger charge is -2.06. The molecule has 0 radical (unpaired) electrons. The molecule has 0 atom stereocenters. The average Bonchev–Trinajstić information content (AvgIpc) is 2.01. The molecule has 1 aromatic rings. The zero-order valence-corrected chi connectivity index (χ0v) is 8.00. The van der Waals surface area contributed by atoms with E-state index in [1.807, 2.05) is 14.0 Å². The van der Waals surface area contributed by atoms with Gasteiger partial charge in [0.05, 0.1) is 4.47 Å². The van der Waals surface area contributed by atoms with Crippen LogP contribution >= 0.6 is 15.9 Å². The van der Waals surface area contributed by atoms with Crippen LogP contribution in [0, 0.1) is 12.7 Å². The van der Waals surface area contributed by atoms with Gasteiger partial charge in [-0.15, -0.1) is 0 Å². The van der Waals surface area contributed by atoms with E-state index < -0.39 is 0 Å². The normalized spacial score (nSPS) is 9.82. The topological polar surface area (TPSA) is 12.0 Å². The molecule has 0 heterocycles. The summed E-state index contributed by atoms with van der Waals surface area (Å²) in [5.41, 5.74) is 1.84. The number of nitrogens with one attached hydrogen (secondary N) is 1. The number of rotatable bonds is 1. The third-order valence-corrected chi connectivity index (χ3v) is 2.58. The summed E-state index contributed by atoms with van der Waals surface area (Å²) < 4.78 is 13.4. The molecule has 3 heteroatoms. The van der Waals surface area contributed by atoms with Gasteiger partial charge in [-0.2, -0.15) is 0 Å². The van der Waals surface area contributed by atoms with E-state index in [4.69, 9.17) is 0 Å². The Morgan fingerprint density at radius 2 is 2.09 bits per heavy atom. The molecule has 1 N–H and O–H groups in total. The maximum absolute atomic E-state index is 12.8. The van der Waals surface area contributed by atoms with E-state index in [2.05, 4.69) is 21.2 Å². The standard InChI is InChI=1S/C8H9BrFN/c1-5-7(11-2)4-3-6(10)8(5)9/h3-4,11H,1-2H3. The van der Waals surface area contributed by atoms with Crippen LogP contribution in [0.1, 0.15) is 5.56 Å². The largest absolute Gasteiger partial charge is 0.388 e. The van der Waals surface area contributed by atoms with Crippen molar-refractivity contribution in [2.24, 2.45) is 0 Å². The van der Waals surface area contributed by atoms with Crippen LogP contribution < -0.4 is 5.32 Å². The summed E-state index contributed by atoms with van der Waals surface area (Å²) in [5.74, 6) is -0.221. The van der Waals surface area contributed by atoms with Crippen molar-refractivity contribution in [3.05, 3.63) is 28.0 Å². The molecule has 60 valence electrons. The molecule has 0 saturated heterocycles. The molecule has 0 fully saturated rings. The molecule has 0 aromatic heterocycles. The minimum Gasteiger partial charge on any atom is -0.388 e. The van der Waals surface area contributed by atoms with E-state index in [1.165, 1.54) is 6.07 Å². The van der Waals surface area contributed by atoms with E-state index in [0.29, 0.717) is 4.47 Å². The van der Waals surface area contributed by atoms with E-state index in [9.17, 15) is 4.39 Å². The fraction of sp³-hybridized carbons (Fsp3) is 0.250. The summed E-state index contributed by atoms with van der Waals surface area (Å²) >= 11 is 3.16. The van der Waals surface area contributed by atoms with Crippen molar-refractivity contribution in [1.29, 1.82) is 0 Å². The Morgan fingerprint density at radius 3 is 2.64 bits per heavy atom. The van der Waals surface area contributed by atoms with Crippen molar-refractivity contribution in [1.82, 2.24) is 0 Å². The Morgan fingerprint density at radius 1 is 1.45 bits per heavy atom. The average molecular weight is 218 g/mol. The Labute approximate surface area is 73.7 Å². The third kappa shape index (κ3) is 1.53. The van der Waals surface area contributed by atoms with Gasteiger partial charge < -0.3 is 5.32 Å². The lowest BCUT2D eigenvalue weighted by atomic mass is 10.2. The predicted octanol–water partition coefficient (Wildman–Crippen LogP) is 2.94. The van der Waals surface area contributed by atoms with Gasteiger partial charge in [0.2, 0.25) is 0 Å². The molecule has 0 amide bonds. The van der Waals surface area contributed by atoms with Crippen molar-refractivity contribution >= 4 is 21.6 Å². The van der Waals surface area contributed by atoms with Crippen LogP contribution in [0.4, 0.5) is 10.1 Å². The maximum Gasteiger partial charge on any atom is 0.137 e. The SMILES string of the molecule is CNc1ccc(F)c(Br)c1C. The van der Waals surface area contributed by atoms with E-state index in [-0.39, 0.29) is 5.82 Å². The first kappa shape index (κ1) is 8.53. The van der Waals surface area contributed by atoms with Crippen molar-refractivity contribution in [3.8, 4) is 0 Å². The second-order valence-corrected chi connectivity index (χ2v) is 3.08. The highest BCUT2D eigenvalue weighted by atomic mass is 79.9. The zero-order valence-electron chi connectivity index (χ0n) is 6.41. The Kier molecular flexibility index (Phi) is 2.49. The van der Waals surface area contributed by atoms with Crippen LogP contribution in [0.2, 0.25) is 0 Å². The molecule has 11 heavy (non-hydrogen) atoms. The van der Waals surface area contributed by atoms with Gasteiger partial charge in [-0.25, -0.2) is 4.39 Å². The van der Waals surface area contributed by atoms with Crippen LogP contribution in [0.15, 0.2) is 16.6 Å². The highest BCUT2D eigenvalue weighted by Crippen LogP contribution is 2.25. The minimum absolute atomic E-state index is 0.221. The van der Waals surface area contributed by atoms with Gasteiger partial charge in [0.25, 0.3) is 0 Å². The van der Waals surface area contributed by atoms with Gasteiger partial charge >= 0.3 is 0 Å². The summed E-state index contributed by atoms with van der Waals surface area (Å²) in [6, 6.07) is 3.15. The number of hydrogen-bond acceptors (Lipinski definition) is 1. The molecule has 1 aromatic carbocycles. The number of benzene rings is 1. The van der Waals surface area contributed by atoms with Crippen LogP contribution in [0.5, 0.6) is 0 Å². The first-order valence-corrected chi connectivity index (χ1v) is 4.08. The van der Waals surface area contributed by atoms with Gasteiger partial charge in [0, 0.05) is 12.7 Å². The molecule has 1 nitrogen and oxygen atoms in total. The summed E-state index contributed by atoms with van der Waals surface area (Å²) in [4.78, 5) is 0. The number of hydrogen-bond donors (Lipinski definition) is 1. The molecular weight excluding hydrogens is 209 g/mol. The lowest BCUT2D eigenvalue weighted by Crippen LogP contribution is -1.93. The molecule has 0 aliphatic carbocycles. The molecule has 0 spiro atoms. The summed E-state index contributed by atoms with van der Waals surface area (Å²) in [7, 11) is 1.81. The number of anilines is 1. The van der Waals surface area contributed by atoms with Crippen molar-refractivity contribution in [2.75, 3.05) is 12.4 Å². The van der Waals surface area contributed by atoms with Crippen LogP contribution in [0.25, 0.3) is 0 Å². The van der Waals surface area contributed by atoms with Crippen LogP contribution in [-0.4, -0.2) is 7.05 Å². The summed E-state index contributed by atoms with van der Waals surface area (Å²) in [5, 5.41) is 2.97. The quantitative estimate of drug-likeness (QED) is 0.764. The Hall–Kier alpha value is -0.570. The predicted molar refractivity (Wildman–Crippen MR) is 48.4 cm³/mol. The Balaban J connectivity index is 3.25. The van der Waals surface area contributed by atoms with Crippen molar-refractivity contribution in [2.45, 2.75) is 6.92 Å². The summed E-state index contributed by atoms with van der Waals surface area (Å²) in [6.07, 6.45) is 0. The van der Waals surface area contributed by atoms with E-state index in [0.717, 1.165) is 11.3 Å². The van der Waals surface area contributed by atoms with Crippen LogP contribution in [-0.2, 0) is 0 Å². The fourth-order valence-electron chi connectivity index (χ4n) is 0.923. The highest BCUT2D eigenvalue weighted by Gasteiger charge is 2.04. The monoisotopic (exact) mass is 217 g/mol. The van der Waals surface area contributed by atoms with Crippen molar-refractivity contribution in [3.63, 3.8) is 0 Å². The highest BCUT2D eigenvalue weighted by molar-refractivity contribution is 9.10. The van der Waals surface area contributed by atoms with E-state index in [1.54, 1.807) is 6.07 Å². The molecule has 0 unspecified atom stereocenters. The van der Waals surface area contributed by atoms with Gasteiger partial charge in [0.15, 0.2) is 0 Å². The summed E-state index contributed by atoms with van der Waals surface area (Å²) in [6.45, 7) is 1.86. The minimum atomic E-state index is -0.221. The second kappa shape index (κ2) is 3.22. The van der Waals surface area contributed by atoms with Crippen molar-refractivity contribution < 1.29 is 4.39 Å². The molecule has 0 aliphatic heterocycles. The van der Waals surface area contributed by atoms with E-state index >= 15 is 0 Å².